The molecule has 128 valence electrons. The fourth-order valence-electron chi connectivity index (χ4n) is 2.66. The molecule has 4 heterocycles. The second-order valence-corrected chi connectivity index (χ2v) is 6.39. The van der Waals surface area contributed by atoms with Gasteiger partial charge in [-0.2, -0.15) is 4.98 Å². The Balaban J connectivity index is 1.31. The maximum absolute atomic E-state index is 12.3. The minimum absolute atomic E-state index is 0.0874. The number of carbonyl (C=O) groups excluding carboxylic acids is 1. The summed E-state index contributed by atoms with van der Waals surface area (Å²) in [5.74, 6) is 2.06. The fraction of sp³-hybridized carbons (Fsp3) is 0.533. The summed E-state index contributed by atoms with van der Waals surface area (Å²) in [5, 5.41) is 8.56. The average molecular weight is 351 g/mol. The number of aromatic nitrogens is 2. The Bertz CT molecular complexity index is 723. The molecule has 1 saturated heterocycles. The third-order valence-corrected chi connectivity index (χ3v) is 4.77. The van der Waals surface area contributed by atoms with E-state index in [0.717, 1.165) is 19.4 Å². The van der Waals surface area contributed by atoms with Crippen LogP contribution in [-0.4, -0.2) is 42.4 Å². The van der Waals surface area contributed by atoms with Gasteiger partial charge >= 0.3 is 0 Å². The number of carbonyl (C=O) groups is 1. The number of ether oxygens (including phenoxy) is 3. The van der Waals surface area contributed by atoms with E-state index >= 15 is 0 Å². The lowest BCUT2D eigenvalue weighted by atomic mass is 10.2. The zero-order chi connectivity index (χ0) is 16.4. The second-order valence-electron chi connectivity index (χ2n) is 5.51. The first-order chi connectivity index (χ1) is 11.8. The van der Waals surface area contributed by atoms with E-state index in [1.165, 1.54) is 11.3 Å². The number of rotatable bonds is 5. The van der Waals surface area contributed by atoms with Gasteiger partial charge in [0.1, 0.15) is 24.2 Å². The van der Waals surface area contributed by atoms with Gasteiger partial charge < -0.3 is 24.1 Å². The Hall–Kier alpha value is -2.13. The van der Waals surface area contributed by atoms with Crippen molar-refractivity contribution >= 4 is 17.2 Å². The first-order valence-corrected chi connectivity index (χ1v) is 8.78. The van der Waals surface area contributed by atoms with Crippen LogP contribution < -0.4 is 14.8 Å². The molecule has 0 aliphatic carbocycles. The highest BCUT2D eigenvalue weighted by molar-refractivity contribution is 7.12. The summed E-state index contributed by atoms with van der Waals surface area (Å²) in [7, 11) is 0. The summed E-state index contributed by atoms with van der Waals surface area (Å²) in [4.78, 5) is 17.1. The van der Waals surface area contributed by atoms with Crippen molar-refractivity contribution in [3.63, 3.8) is 0 Å². The van der Waals surface area contributed by atoms with Gasteiger partial charge in [0.15, 0.2) is 17.3 Å². The Labute approximate surface area is 142 Å². The molecular formula is C15H17N3O5S. The van der Waals surface area contributed by atoms with Crippen LogP contribution in [0.5, 0.6) is 11.5 Å². The highest BCUT2D eigenvalue weighted by Crippen LogP contribution is 2.39. The summed E-state index contributed by atoms with van der Waals surface area (Å²) in [6.45, 7) is 2.11. The maximum Gasteiger partial charge on any atom is 0.265 e. The molecule has 2 aromatic rings. The van der Waals surface area contributed by atoms with Crippen LogP contribution in [0.25, 0.3) is 0 Å². The molecule has 2 aliphatic heterocycles. The smallest absolute Gasteiger partial charge is 0.265 e. The van der Waals surface area contributed by atoms with Crippen LogP contribution in [0.15, 0.2) is 9.90 Å². The second kappa shape index (κ2) is 6.78. The van der Waals surface area contributed by atoms with Crippen LogP contribution in [0.1, 0.15) is 40.3 Å². The summed E-state index contributed by atoms with van der Waals surface area (Å²) in [6.07, 6.45) is 2.32. The Morgan fingerprint density at radius 1 is 1.33 bits per heavy atom. The number of hydrogen-bond donors (Lipinski definition) is 1. The number of fused-ring (bicyclic) bond motifs is 1. The molecule has 2 aliphatic rings. The van der Waals surface area contributed by atoms with Crippen LogP contribution >= 0.6 is 11.3 Å². The molecule has 24 heavy (non-hydrogen) atoms. The van der Waals surface area contributed by atoms with Crippen molar-refractivity contribution in [2.75, 3.05) is 26.4 Å². The van der Waals surface area contributed by atoms with Crippen LogP contribution in [0, 0.1) is 0 Å². The summed E-state index contributed by atoms with van der Waals surface area (Å²) in [5.41, 5.74) is 0. The molecule has 0 bridgehead atoms. The molecule has 0 spiro atoms. The number of amides is 1. The fourth-order valence-corrected chi connectivity index (χ4v) is 3.51. The lowest BCUT2D eigenvalue weighted by Crippen LogP contribution is -2.26. The predicted octanol–water partition coefficient (Wildman–Crippen LogP) is 1.73. The van der Waals surface area contributed by atoms with Gasteiger partial charge in [-0.1, -0.05) is 5.16 Å². The van der Waals surface area contributed by atoms with Crippen molar-refractivity contribution in [2.45, 2.75) is 25.4 Å². The number of nitrogens with zero attached hydrogens (tertiary/aromatic N) is 2. The molecule has 0 saturated carbocycles. The lowest BCUT2D eigenvalue weighted by Gasteiger charge is -2.15. The SMILES string of the molecule is O=C(NCCc1noc([C@@H]2CCCO2)n1)c1scc2c1OCCO2. The number of nitrogens with one attached hydrogen (secondary N) is 1. The zero-order valence-electron chi connectivity index (χ0n) is 12.9. The van der Waals surface area contributed by atoms with Crippen LogP contribution in [0.3, 0.4) is 0 Å². The molecule has 8 nitrogen and oxygen atoms in total. The molecule has 0 radical (unpaired) electrons. The molecule has 1 fully saturated rings. The monoisotopic (exact) mass is 351 g/mol. The summed E-state index contributed by atoms with van der Waals surface area (Å²) < 4.78 is 21.7. The molecular weight excluding hydrogens is 334 g/mol. The first kappa shape index (κ1) is 15.4. The van der Waals surface area contributed by atoms with Crippen molar-refractivity contribution in [1.29, 1.82) is 0 Å². The first-order valence-electron chi connectivity index (χ1n) is 7.90. The highest BCUT2D eigenvalue weighted by atomic mass is 32.1. The summed E-state index contributed by atoms with van der Waals surface area (Å²) >= 11 is 1.31. The van der Waals surface area contributed by atoms with Gasteiger partial charge in [0.05, 0.1) is 0 Å². The Kier molecular flexibility index (Phi) is 4.35. The van der Waals surface area contributed by atoms with Crippen molar-refractivity contribution < 1.29 is 23.5 Å². The molecule has 0 aromatic carbocycles. The number of hydrogen-bond acceptors (Lipinski definition) is 8. The van der Waals surface area contributed by atoms with E-state index < -0.39 is 0 Å². The molecule has 9 heteroatoms. The van der Waals surface area contributed by atoms with E-state index in [1.54, 1.807) is 5.38 Å². The Morgan fingerprint density at radius 2 is 2.25 bits per heavy atom. The van der Waals surface area contributed by atoms with E-state index in [9.17, 15) is 4.79 Å². The third kappa shape index (κ3) is 3.09. The van der Waals surface area contributed by atoms with E-state index in [-0.39, 0.29) is 12.0 Å². The molecule has 2 aromatic heterocycles. The quantitative estimate of drug-likeness (QED) is 0.876. The van der Waals surface area contributed by atoms with Crippen LogP contribution in [0.2, 0.25) is 0 Å². The van der Waals surface area contributed by atoms with Crippen molar-refractivity contribution in [3.05, 3.63) is 22.0 Å². The van der Waals surface area contributed by atoms with Gasteiger partial charge in [-0.3, -0.25) is 4.79 Å². The summed E-state index contributed by atoms with van der Waals surface area (Å²) in [6, 6.07) is 0. The highest BCUT2D eigenvalue weighted by Gasteiger charge is 2.25. The predicted molar refractivity (Wildman–Crippen MR) is 83.6 cm³/mol. The third-order valence-electron chi connectivity index (χ3n) is 3.83. The molecule has 1 N–H and O–H groups in total. The van der Waals surface area contributed by atoms with Gasteiger partial charge in [0.2, 0.25) is 0 Å². The number of thiophene rings is 1. The van der Waals surface area contributed by atoms with Gasteiger partial charge in [-0.15, -0.1) is 11.3 Å². The van der Waals surface area contributed by atoms with Gasteiger partial charge in [0.25, 0.3) is 11.8 Å². The van der Waals surface area contributed by atoms with Gasteiger partial charge in [-0.05, 0) is 12.8 Å². The molecule has 1 atom stereocenters. The minimum Gasteiger partial charge on any atom is -0.485 e. The van der Waals surface area contributed by atoms with E-state index in [2.05, 4.69) is 15.5 Å². The van der Waals surface area contributed by atoms with E-state index in [1.807, 2.05) is 0 Å². The zero-order valence-corrected chi connectivity index (χ0v) is 13.8. The molecule has 0 unspecified atom stereocenters. The standard InChI is InChI=1S/C15H17N3O5S/c19-14(13-12-10(8-24-13)21-6-7-22-12)16-4-3-11-17-15(23-18-11)9-2-1-5-20-9/h8-9H,1-7H2,(H,16,19)/t9-/m0/s1. The lowest BCUT2D eigenvalue weighted by molar-refractivity contribution is 0.0835. The van der Waals surface area contributed by atoms with E-state index in [0.29, 0.717) is 54.3 Å². The largest absolute Gasteiger partial charge is 0.485 e. The normalized spacial score (nSPS) is 19.4. The van der Waals surface area contributed by atoms with Crippen LogP contribution in [-0.2, 0) is 11.2 Å². The van der Waals surface area contributed by atoms with E-state index in [4.69, 9.17) is 18.7 Å². The average Bonchev–Trinajstić information content (AvgIpc) is 3.34. The van der Waals surface area contributed by atoms with Crippen molar-refractivity contribution in [3.8, 4) is 11.5 Å². The van der Waals surface area contributed by atoms with Crippen molar-refractivity contribution in [1.82, 2.24) is 15.5 Å². The topological polar surface area (TPSA) is 95.7 Å². The molecule has 1 amide bonds. The van der Waals surface area contributed by atoms with Gasteiger partial charge in [0, 0.05) is 25.0 Å². The van der Waals surface area contributed by atoms with Crippen LogP contribution in [0.4, 0.5) is 0 Å². The maximum atomic E-state index is 12.3. The molecule has 4 rings (SSSR count). The van der Waals surface area contributed by atoms with Gasteiger partial charge in [-0.25, -0.2) is 0 Å². The van der Waals surface area contributed by atoms with Crippen molar-refractivity contribution in [2.24, 2.45) is 0 Å². The Morgan fingerprint density at radius 3 is 3.12 bits per heavy atom. The minimum atomic E-state index is -0.186.